The predicted molar refractivity (Wildman–Crippen MR) is 73.6 cm³/mol. The molecule has 4 heteroatoms. The molecule has 1 aliphatic rings. The first-order chi connectivity index (χ1) is 8.81. The van der Waals surface area contributed by atoms with Gasteiger partial charge in [-0.1, -0.05) is 11.8 Å². The second-order valence-corrected chi connectivity index (χ2v) is 5.47. The molecule has 0 bridgehead atoms. The quantitative estimate of drug-likeness (QED) is 0.841. The standard InChI is InChI=1S/C14H19NO2S/c1-15(13-5-8-17-11-13)10-14-12(6-9-18-14)4-2-3-7-16/h6,9,13,16H,3,5,7-8,10-11H2,1H3. The van der Waals surface area contributed by atoms with Gasteiger partial charge in [-0.15, -0.1) is 11.3 Å². The molecule has 2 heterocycles. The van der Waals surface area contributed by atoms with E-state index in [4.69, 9.17) is 9.84 Å². The molecule has 1 fully saturated rings. The van der Waals surface area contributed by atoms with Crippen LogP contribution in [0.5, 0.6) is 0 Å². The van der Waals surface area contributed by atoms with Crippen molar-refractivity contribution in [2.45, 2.75) is 25.4 Å². The SMILES string of the molecule is CN(Cc1sccc1C#CCCO)C1CCOC1. The number of hydrogen-bond donors (Lipinski definition) is 1. The van der Waals surface area contributed by atoms with Crippen LogP contribution in [0.2, 0.25) is 0 Å². The zero-order valence-electron chi connectivity index (χ0n) is 10.7. The van der Waals surface area contributed by atoms with Gasteiger partial charge in [-0.3, -0.25) is 4.90 Å². The maximum absolute atomic E-state index is 8.73. The van der Waals surface area contributed by atoms with E-state index in [0.29, 0.717) is 12.5 Å². The maximum atomic E-state index is 8.73. The molecule has 0 radical (unpaired) electrons. The molecule has 98 valence electrons. The summed E-state index contributed by atoms with van der Waals surface area (Å²) < 4.78 is 5.41. The third-order valence-corrected chi connectivity index (χ3v) is 4.03. The molecule has 0 saturated carbocycles. The first-order valence-electron chi connectivity index (χ1n) is 6.25. The molecule has 1 saturated heterocycles. The predicted octanol–water partition coefficient (Wildman–Crippen LogP) is 1.70. The number of aliphatic hydroxyl groups is 1. The van der Waals surface area contributed by atoms with Crippen LogP contribution in [0.4, 0.5) is 0 Å². The van der Waals surface area contributed by atoms with Crippen molar-refractivity contribution < 1.29 is 9.84 Å². The van der Waals surface area contributed by atoms with Crippen molar-refractivity contribution in [3.05, 3.63) is 21.9 Å². The summed E-state index contributed by atoms with van der Waals surface area (Å²) in [4.78, 5) is 3.64. The Balaban J connectivity index is 1.96. The van der Waals surface area contributed by atoms with Gasteiger partial charge in [0.1, 0.15) is 0 Å². The summed E-state index contributed by atoms with van der Waals surface area (Å²) in [5.41, 5.74) is 1.10. The van der Waals surface area contributed by atoms with Crippen LogP contribution in [0.1, 0.15) is 23.3 Å². The summed E-state index contributed by atoms with van der Waals surface area (Å²) in [6.07, 6.45) is 1.66. The van der Waals surface area contributed by atoms with Crippen molar-refractivity contribution in [2.75, 3.05) is 26.9 Å². The summed E-state index contributed by atoms with van der Waals surface area (Å²) in [5, 5.41) is 10.8. The molecule has 0 aliphatic carbocycles. The molecule has 1 N–H and O–H groups in total. The van der Waals surface area contributed by atoms with E-state index in [-0.39, 0.29) is 6.61 Å². The fraction of sp³-hybridized carbons (Fsp3) is 0.571. The molecule has 1 atom stereocenters. The van der Waals surface area contributed by atoms with Crippen molar-refractivity contribution >= 4 is 11.3 Å². The van der Waals surface area contributed by atoms with Gasteiger partial charge in [-0.25, -0.2) is 0 Å². The number of likely N-dealkylation sites (N-methyl/N-ethyl adjacent to an activating group) is 1. The lowest BCUT2D eigenvalue weighted by Crippen LogP contribution is -2.31. The van der Waals surface area contributed by atoms with E-state index in [0.717, 1.165) is 31.7 Å². The fourth-order valence-electron chi connectivity index (χ4n) is 2.01. The van der Waals surface area contributed by atoms with Crippen molar-refractivity contribution in [1.82, 2.24) is 4.90 Å². The van der Waals surface area contributed by atoms with Crippen LogP contribution in [-0.4, -0.2) is 42.9 Å². The van der Waals surface area contributed by atoms with E-state index < -0.39 is 0 Å². The number of ether oxygens (including phenoxy) is 1. The Labute approximate surface area is 112 Å². The van der Waals surface area contributed by atoms with Crippen LogP contribution >= 0.6 is 11.3 Å². The molecule has 1 aromatic rings. The summed E-state index contributed by atoms with van der Waals surface area (Å²) in [6, 6.07) is 2.59. The lowest BCUT2D eigenvalue weighted by Gasteiger charge is -2.22. The summed E-state index contributed by atoms with van der Waals surface area (Å²) in [6.45, 7) is 2.77. The van der Waals surface area contributed by atoms with Gasteiger partial charge in [-0.2, -0.15) is 0 Å². The Morgan fingerprint density at radius 1 is 1.61 bits per heavy atom. The molecule has 0 aromatic carbocycles. The van der Waals surface area contributed by atoms with Gasteiger partial charge in [0.25, 0.3) is 0 Å². The summed E-state index contributed by atoms with van der Waals surface area (Å²) in [5.74, 6) is 6.12. The van der Waals surface area contributed by atoms with Crippen LogP contribution in [0, 0.1) is 11.8 Å². The van der Waals surface area contributed by atoms with E-state index >= 15 is 0 Å². The fourth-order valence-corrected chi connectivity index (χ4v) is 2.91. The minimum Gasteiger partial charge on any atom is -0.395 e. The highest BCUT2D eigenvalue weighted by molar-refractivity contribution is 7.10. The number of nitrogens with zero attached hydrogens (tertiary/aromatic N) is 1. The minimum absolute atomic E-state index is 0.131. The Kier molecular flexibility index (Phi) is 5.21. The van der Waals surface area contributed by atoms with Gasteiger partial charge in [0.15, 0.2) is 0 Å². The molecule has 3 nitrogen and oxygen atoms in total. The van der Waals surface area contributed by atoms with Crippen molar-refractivity contribution in [3.8, 4) is 11.8 Å². The van der Waals surface area contributed by atoms with E-state index in [9.17, 15) is 0 Å². The van der Waals surface area contributed by atoms with Crippen LogP contribution < -0.4 is 0 Å². The van der Waals surface area contributed by atoms with Gasteiger partial charge in [0, 0.05) is 36.1 Å². The highest BCUT2D eigenvalue weighted by atomic mass is 32.1. The monoisotopic (exact) mass is 265 g/mol. The second-order valence-electron chi connectivity index (χ2n) is 4.47. The van der Waals surface area contributed by atoms with E-state index in [2.05, 4.69) is 35.2 Å². The lowest BCUT2D eigenvalue weighted by atomic mass is 10.2. The normalized spacial score (nSPS) is 18.9. The van der Waals surface area contributed by atoms with Gasteiger partial charge in [-0.05, 0) is 24.9 Å². The molecule has 18 heavy (non-hydrogen) atoms. The topological polar surface area (TPSA) is 32.7 Å². The maximum Gasteiger partial charge on any atom is 0.0622 e. The molecule has 1 unspecified atom stereocenters. The number of rotatable bonds is 4. The third-order valence-electron chi connectivity index (χ3n) is 3.13. The van der Waals surface area contributed by atoms with E-state index in [1.807, 2.05) is 0 Å². The Morgan fingerprint density at radius 2 is 2.50 bits per heavy atom. The number of hydrogen-bond acceptors (Lipinski definition) is 4. The molecule has 0 amide bonds. The lowest BCUT2D eigenvalue weighted by molar-refractivity contribution is 0.157. The molecule has 0 spiro atoms. The van der Waals surface area contributed by atoms with Crippen LogP contribution in [0.3, 0.4) is 0 Å². The van der Waals surface area contributed by atoms with Gasteiger partial charge < -0.3 is 9.84 Å². The van der Waals surface area contributed by atoms with Crippen molar-refractivity contribution in [2.24, 2.45) is 0 Å². The number of thiophene rings is 1. The minimum atomic E-state index is 0.131. The van der Waals surface area contributed by atoms with Crippen molar-refractivity contribution in [1.29, 1.82) is 0 Å². The van der Waals surface area contributed by atoms with Crippen LogP contribution in [0.25, 0.3) is 0 Å². The van der Waals surface area contributed by atoms with Gasteiger partial charge >= 0.3 is 0 Å². The average molecular weight is 265 g/mol. The molecular weight excluding hydrogens is 246 g/mol. The van der Waals surface area contributed by atoms with Crippen LogP contribution in [0.15, 0.2) is 11.4 Å². The van der Waals surface area contributed by atoms with E-state index in [1.165, 1.54) is 4.88 Å². The Hall–Kier alpha value is -0.860. The first kappa shape index (κ1) is 13.6. The Bertz CT molecular complexity index is 426. The zero-order chi connectivity index (χ0) is 12.8. The Morgan fingerprint density at radius 3 is 3.22 bits per heavy atom. The van der Waals surface area contributed by atoms with Gasteiger partial charge in [0.05, 0.1) is 13.2 Å². The average Bonchev–Trinajstić information content (AvgIpc) is 3.01. The first-order valence-corrected chi connectivity index (χ1v) is 7.13. The molecular formula is C14H19NO2S. The smallest absolute Gasteiger partial charge is 0.0622 e. The molecule has 1 aromatic heterocycles. The number of aliphatic hydroxyl groups excluding tert-OH is 1. The molecule has 1 aliphatic heterocycles. The molecule has 2 rings (SSSR count). The van der Waals surface area contributed by atoms with Crippen molar-refractivity contribution in [3.63, 3.8) is 0 Å². The third kappa shape index (κ3) is 3.56. The summed E-state index contributed by atoms with van der Waals surface area (Å²) in [7, 11) is 2.14. The van der Waals surface area contributed by atoms with Crippen LogP contribution in [-0.2, 0) is 11.3 Å². The zero-order valence-corrected chi connectivity index (χ0v) is 11.5. The van der Waals surface area contributed by atoms with E-state index in [1.54, 1.807) is 11.3 Å². The summed E-state index contributed by atoms with van der Waals surface area (Å²) >= 11 is 1.75. The highest BCUT2D eigenvalue weighted by Crippen LogP contribution is 2.20. The second kappa shape index (κ2) is 6.91. The largest absolute Gasteiger partial charge is 0.395 e. The van der Waals surface area contributed by atoms with Gasteiger partial charge in [0.2, 0.25) is 0 Å². The highest BCUT2D eigenvalue weighted by Gasteiger charge is 2.21.